The lowest BCUT2D eigenvalue weighted by Gasteiger charge is -2.20. The Bertz CT molecular complexity index is 532. The Morgan fingerprint density at radius 2 is 2.00 bits per heavy atom. The minimum atomic E-state index is -0.938. The van der Waals surface area contributed by atoms with Crippen LogP contribution in [0, 0.1) is 6.92 Å². The second-order valence-corrected chi connectivity index (χ2v) is 5.24. The molecule has 6 nitrogen and oxygen atoms in total. The Morgan fingerprint density at radius 3 is 2.42 bits per heavy atom. The quantitative estimate of drug-likeness (QED) is 0.848. The molecule has 1 amide bonds. The third-order valence-corrected chi connectivity index (χ3v) is 3.99. The fourth-order valence-electron chi connectivity index (χ4n) is 1.68. The Labute approximate surface area is 115 Å². The number of amides is 1. The average molecular weight is 286 g/mol. The van der Waals surface area contributed by atoms with Crippen LogP contribution in [0.25, 0.3) is 0 Å². The van der Waals surface area contributed by atoms with Crippen molar-refractivity contribution in [3.8, 4) is 0 Å². The van der Waals surface area contributed by atoms with Crippen LogP contribution in [-0.4, -0.2) is 39.5 Å². The molecule has 0 bridgehead atoms. The van der Waals surface area contributed by atoms with Crippen molar-refractivity contribution in [3.63, 3.8) is 0 Å². The largest absolute Gasteiger partial charge is 0.481 e. The van der Waals surface area contributed by atoms with Crippen molar-refractivity contribution in [2.24, 2.45) is 7.05 Å². The maximum absolute atomic E-state index is 12.3. The van der Waals surface area contributed by atoms with E-state index in [0.29, 0.717) is 17.1 Å². The summed E-state index contributed by atoms with van der Waals surface area (Å²) in [6.07, 6.45) is 0.651. The summed E-state index contributed by atoms with van der Waals surface area (Å²) in [5, 5.41) is 8.70. The van der Waals surface area contributed by atoms with Crippen molar-refractivity contribution < 1.29 is 14.7 Å². The number of carbonyl (C=O) groups excluding carboxylic acids is 1. The highest BCUT2D eigenvalue weighted by atomic mass is 32.1. The van der Waals surface area contributed by atoms with Crippen LogP contribution in [0.1, 0.15) is 35.1 Å². The smallest absolute Gasteiger partial charge is 0.307 e. The molecule has 1 N–H and O–H groups in total. The maximum Gasteiger partial charge on any atom is 0.307 e. The monoisotopic (exact) mass is 286 g/mol. The van der Waals surface area contributed by atoms with E-state index in [1.165, 1.54) is 9.47 Å². The van der Waals surface area contributed by atoms with Gasteiger partial charge in [-0.3, -0.25) is 14.4 Å². The van der Waals surface area contributed by atoms with E-state index in [-0.39, 0.29) is 23.7 Å². The van der Waals surface area contributed by atoms with Gasteiger partial charge in [-0.25, -0.2) is 0 Å². The first kappa shape index (κ1) is 15.4. The molecular formula is C12H18N2O4S. The number of rotatable bonds is 6. The molecule has 0 aliphatic heterocycles. The molecule has 0 saturated heterocycles. The number of hydrogen-bond donors (Lipinski definition) is 1. The highest BCUT2D eigenvalue weighted by Crippen LogP contribution is 2.14. The molecule has 0 aromatic carbocycles. The molecule has 1 heterocycles. The number of aromatic nitrogens is 1. The van der Waals surface area contributed by atoms with Gasteiger partial charge in [0.15, 0.2) is 0 Å². The summed E-state index contributed by atoms with van der Waals surface area (Å²) in [6.45, 7) is 4.28. The molecule has 0 fully saturated rings. The van der Waals surface area contributed by atoms with Crippen LogP contribution in [0.4, 0.5) is 0 Å². The highest BCUT2D eigenvalue weighted by molar-refractivity contribution is 7.11. The van der Waals surface area contributed by atoms with Gasteiger partial charge in [0.2, 0.25) is 0 Å². The maximum atomic E-state index is 12.3. The summed E-state index contributed by atoms with van der Waals surface area (Å²) in [5.41, 5.74) is 0.622. The van der Waals surface area contributed by atoms with Gasteiger partial charge in [0.1, 0.15) is 4.88 Å². The first-order valence-electron chi connectivity index (χ1n) is 6.06. The number of carboxylic acid groups (broad SMARTS) is 1. The summed E-state index contributed by atoms with van der Waals surface area (Å²) in [4.78, 5) is 36.2. The summed E-state index contributed by atoms with van der Waals surface area (Å²) in [6, 6.07) is 0. The van der Waals surface area contributed by atoms with E-state index in [1.54, 1.807) is 14.0 Å². The molecule has 0 atom stereocenters. The van der Waals surface area contributed by atoms with Gasteiger partial charge in [0.25, 0.3) is 5.91 Å². The Balaban J connectivity index is 2.95. The lowest BCUT2D eigenvalue weighted by molar-refractivity contribution is -0.137. The zero-order valence-electron chi connectivity index (χ0n) is 11.3. The summed E-state index contributed by atoms with van der Waals surface area (Å²) >= 11 is 0.906. The van der Waals surface area contributed by atoms with E-state index in [2.05, 4.69) is 0 Å². The van der Waals surface area contributed by atoms with Crippen LogP contribution >= 0.6 is 11.3 Å². The van der Waals surface area contributed by atoms with E-state index in [1.807, 2.05) is 6.92 Å². The van der Waals surface area contributed by atoms with Crippen molar-refractivity contribution in [1.82, 2.24) is 9.47 Å². The SMILES string of the molecule is CCCN(CCC(=O)O)C(=O)c1sc(=O)n(C)c1C. The van der Waals surface area contributed by atoms with E-state index in [0.717, 1.165) is 17.8 Å². The van der Waals surface area contributed by atoms with Crippen LogP contribution in [0.2, 0.25) is 0 Å². The van der Waals surface area contributed by atoms with Gasteiger partial charge in [-0.05, 0) is 13.3 Å². The third kappa shape index (κ3) is 3.66. The predicted octanol–water partition coefficient (Wildman–Crippen LogP) is 1.08. The van der Waals surface area contributed by atoms with Crippen LogP contribution in [0.5, 0.6) is 0 Å². The second-order valence-electron chi connectivity index (χ2n) is 4.28. The zero-order valence-corrected chi connectivity index (χ0v) is 12.1. The molecule has 106 valence electrons. The van der Waals surface area contributed by atoms with Crippen LogP contribution in [-0.2, 0) is 11.8 Å². The van der Waals surface area contributed by atoms with Crippen molar-refractivity contribution in [1.29, 1.82) is 0 Å². The molecule has 19 heavy (non-hydrogen) atoms. The third-order valence-electron chi connectivity index (χ3n) is 2.87. The number of thiazole rings is 1. The van der Waals surface area contributed by atoms with Crippen molar-refractivity contribution in [2.75, 3.05) is 13.1 Å². The van der Waals surface area contributed by atoms with E-state index >= 15 is 0 Å². The number of carboxylic acids is 1. The summed E-state index contributed by atoms with van der Waals surface area (Å²) in [5.74, 6) is -1.20. The predicted molar refractivity (Wildman–Crippen MR) is 72.7 cm³/mol. The average Bonchev–Trinajstić information content (AvgIpc) is 2.61. The summed E-state index contributed by atoms with van der Waals surface area (Å²) < 4.78 is 1.43. The van der Waals surface area contributed by atoms with Crippen LogP contribution < -0.4 is 4.87 Å². The number of carbonyl (C=O) groups is 2. The van der Waals surface area contributed by atoms with Gasteiger partial charge in [0.05, 0.1) is 6.42 Å². The standard InChI is InChI=1S/C12H18N2O4S/c1-4-6-14(7-5-9(15)16)11(17)10-8(2)13(3)12(18)19-10/h4-7H2,1-3H3,(H,15,16). The lowest BCUT2D eigenvalue weighted by atomic mass is 10.3. The normalized spacial score (nSPS) is 10.5. The number of aliphatic carboxylic acids is 1. The fraction of sp³-hybridized carbons (Fsp3) is 0.583. The second kappa shape index (κ2) is 6.51. The zero-order chi connectivity index (χ0) is 14.6. The molecule has 1 aromatic rings. The molecule has 0 spiro atoms. The lowest BCUT2D eigenvalue weighted by Crippen LogP contribution is -2.33. The molecule has 0 saturated carbocycles. The van der Waals surface area contributed by atoms with Crippen molar-refractivity contribution in [3.05, 3.63) is 20.2 Å². The molecule has 0 radical (unpaired) electrons. The van der Waals surface area contributed by atoms with E-state index < -0.39 is 5.97 Å². The highest BCUT2D eigenvalue weighted by Gasteiger charge is 2.21. The molecule has 1 aromatic heterocycles. The van der Waals surface area contributed by atoms with Gasteiger partial charge in [-0.2, -0.15) is 0 Å². The first-order valence-corrected chi connectivity index (χ1v) is 6.87. The van der Waals surface area contributed by atoms with Gasteiger partial charge in [0, 0.05) is 25.8 Å². The minimum Gasteiger partial charge on any atom is -0.481 e. The number of nitrogens with zero attached hydrogens (tertiary/aromatic N) is 2. The Kier molecular flexibility index (Phi) is 5.29. The van der Waals surface area contributed by atoms with E-state index in [4.69, 9.17) is 5.11 Å². The van der Waals surface area contributed by atoms with Crippen molar-refractivity contribution >= 4 is 23.2 Å². The molecule has 0 aliphatic carbocycles. The molecule has 0 unspecified atom stereocenters. The molecular weight excluding hydrogens is 268 g/mol. The molecule has 0 aliphatic rings. The van der Waals surface area contributed by atoms with Gasteiger partial charge in [-0.1, -0.05) is 18.3 Å². The van der Waals surface area contributed by atoms with Crippen molar-refractivity contribution in [2.45, 2.75) is 26.7 Å². The van der Waals surface area contributed by atoms with Crippen LogP contribution in [0.15, 0.2) is 4.79 Å². The Morgan fingerprint density at radius 1 is 1.37 bits per heavy atom. The van der Waals surface area contributed by atoms with E-state index in [9.17, 15) is 14.4 Å². The topological polar surface area (TPSA) is 79.6 Å². The number of hydrogen-bond acceptors (Lipinski definition) is 4. The fourth-order valence-corrected chi connectivity index (χ4v) is 2.63. The minimum absolute atomic E-state index is 0.0908. The van der Waals surface area contributed by atoms with Gasteiger partial charge in [-0.15, -0.1) is 0 Å². The van der Waals surface area contributed by atoms with Gasteiger partial charge >= 0.3 is 10.8 Å². The molecule has 7 heteroatoms. The van der Waals surface area contributed by atoms with Crippen LogP contribution in [0.3, 0.4) is 0 Å². The Hall–Kier alpha value is -1.63. The molecule has 1 rings (SSSR count). The van der Waals surface area contributed by atoms with Gasteiger partial charge < -0.3 is 14.6 Å². The summed E-state index contributed by atoms with van der Waals surface area (Å²) in [7, 11) is 1.62. The first-order chi connectivity index (χ1) is 8.88.